The monoisotopic (exact) mass is 383 g/mol. The number of pyridine rings is 1. The first kappa shape index (κ1) is 17.8. The van der Waals surface area contributed by atoms with Crippen LogP contribution < -0.4 is 10.6 Å². The molecule has 140 valence electrons. The molecule has 1 saturated carbocycles. The zero-order valence-corrected chi connectivity index (χ0v) is 15.7. The lowest BCUT2D eigenvalue weighted by Gasteiger charge is -2.16. The Hall–Kier alpha value is -2.60. The number of aromatic nitrogens is 3. The summed E-state index contributed by atoms with van der Waals surface area (Å²) in [7, 11) is 0. The number of benzene rings is 1. The van der Waals surface area contributed by atoms with Crippen LogP contribution in [0.25, 0.3) is 11.2 Å². The topological polar surface area (TPSA) is 71.8 Å². The lowest BCUT2D eigenvalue weighted by atomic mass is 10.2. The quantitative estimate of drug-likeness (QED) is 0.678. The number of rotatable bonds is 5. The third-order valence-electron chi connectivity index (χ3n) is 4.97. The fourth-order valence-corrected chi connectivity index (χ4v) is 3.90. The van der Waals surface area contributed by atoms with Crippen molar-refractivity contribution < 1.29 is 4.79 Å². The van der Waals surface area contributed by atoms with E-state index in [9.17, 15) is 4.79 Å². The van der Waals surface area contributed by atoms with Crippen molar-refractivity contribution in [1.82, 2.24) is 19.9 Å². The SMILES string of the molecule is O=C(NCCc1nc2cccnc2n1C1CCCC1)Nc1ccccc1Cl. The number of hydrogen-bond acceptors (Lipinski definition) is 3. The van der Waals surface area contributed by atoms with Crippen molar-refractivity contribution in [2.24, 2.45) is 0 Å². The van der Waals surface area contributed by atoms with E-state index in [1.54, 1.807) is 12.1 Å². The Balaban J connectivity index is 1.43. The highest BCUT2D eigenvalue weighted by Gasteiger charge is 2.23. The van der Waals surface area contributed by atoms with Crippen LogP contribution in [0.3, 0.4) is 0 Å². The van der Waals surface area contributed by atoms with Crippen molar-refractivity contribution in [3.8, 4) is 0 Å². The van der Waals surface area contributed by atoms with Crippen molar-refractivity contribution in [2.75, 3.05) is 11.9 Å². The lowest BCUT2D eigenvalue weighted by molar-refractivity contribution is 0.252. The minimum absolute atomic E-state index is 0.273. The van der Waals surface area contributed by atoms with Gasteiger partial charge in [-0.25, -0.2) is 14.8 Å². The van der Waals surface area contributed by atoms with Crippen LogP contribution in [0.1, 0.15) is 37.5 Å². The van der Waals surface area contributed by atoms with Gasteiger partial charge in [-0.1, -0.05) is 36.6 Å². The molecule has 0 unspecified atom stereocenters. The Morgan fingerprint density at radius 2 is 2.00 bits per heavy atom. The van der Waals surface area contributed by atoms with E-state index in [2.05, 4.69) is 20.2 Å². The predicted octanol–water partition coefficient (Wildman–Crippen LogP) is 4.56. The molecule has 1 fully saturated rings. The van der Waals surface area contributed by atoms with Gasteiger partial charge in [0.15, 0.2) is 5.65 Å². The molecule has 0 bridgehead atoms. The van der Waals surface area contributed by atoms with Crippen LogP contribution in [0.5, 0.6) is 0 Å². The van der Waals surface area contributed by atoms with E-state index in [-0.39, 0.29) is 6.03 Å². The van der Waals surface area contributed by atoms with E-state index in [4.69, 9.17) is 16.6 Å². The number of carbonyl (C=O) groups is 1. The molecule has 3 aromatic rings. The maximum absolute atomic E-state index is 12.1. The Labute approximate surface area is 163 Å². The number of carbonyl (C=O) groups excluding carboxylic acids is 1. The van der Waals surface area contributed by atoms with Gasteiger partial charge in [-0.3, -0.25) is 0 Å². The van der Waals surface area contributed by atoms with Gasteiger partial charge in [0.1, 0.15) is 11.3 Å². The molecule has 0 spiro atoms. The number of halogens is 1. The molecule has 4 rings (SSSR count). The van der Waals surface area contributed by atoms with Crippen molar-refractivity contribution >= 4 is 34.5 Å². The van der Waals surface area contributed by atoms with Gasteiger partial charge in [0, 0.05) is 25.2 Å². The second-order valence-corrected chi connectivity index (χ2v) is 7.20. The average molecular weight is 384 g/mol. The van der Waals surface area contributed by atoms with Crippen LogP contribution in [-0.2, 0) is 6.42 Å². The van der Waals surface area contributed by atoms with Crippen molar-refractivity contribution in [3.05, 3.63) is 53.4 Å². The number of anilines is 1. The van der Waals surface area contributed by atoms with Crippen LogP contribution in [0, 0.1) is 0 Å². The number of amides is 2. The first-order valence-corrected chi connectivity index (χ1v) is 9.71. The zero-order valence-electron chi connectivity index (χ0n) is 15.0. The molecule has 2 heterocycles. The second kappa shape index (κ2) is 7.96. The summed E-state index contributed by atoms with van der Waals surface area (Å²) in [6, 6.07) is 11.3. The Bertz CT molecular complexity index is 948. The predicted molar refractivity (Wildman–Crippen MR) is 107 cm³/mol. The fraction of sp³-hybridized carbons (Fsp3) is 0.350. The Kier molecular flexibility index (Phi) is 5.25. The van der Waals surface area contributed by atoms with Crippen molar-refractivity contribution in [2.45, 2.75) is 38.1 Å². The average Bonchev–Trinajstić information content (AvgIpc) is 3.30. The third kappa shape index (κ3) is 3.90. The molecule has 2 amide bonds. The number of para-hydroxylation sites is 1. The van der Waals surface area contributed by atoms with Gasteiger partial charge < -0.3 is 15.2 Å². The summed E-state index contributed by atoms with van der Waals surface area (Å²) in [5.74, 6) is 0.980. The van der Waals surface area contributed by atoms with E-state index < -0.39 is 0 Å². The molecule has 0 radical (unpaired) electrons. The molecule has 2 aromatic heterocycles. The molecule has 7 heteroatoms. The summed E-state index contributed by atoms with van der Waals surface area (Å²) in [6.45, 7) is 0.492. The van der Waals surface area contributed by atoms with Crippen molar-refractivity contribution in [3.63, 3.8) is 0 Å². The van der Waals surface area contributed by atoms with Gasteiger partial charge in [-0.2, -0.15) is 0 Å². The summed E-state index contributed by atoms with van der Waals surface area (Å²) in [6.07, 6.45) is 7.28. The first-order chi connectivity index (χ1) is 13.2. The summed E-state index contributed by atoms with van der Waals surface area (Å²) in [4.78, 5) is 21.4. The van der Waals surface area contributed by atoms with Crippen LogP contribution >= 0.6 is 11.6 Å². The highest BCUT2D eigenvalue weighted by atomic mass is 35.5. The number of fused-ring (bicyclic) bond motifs is 1. The first-order valence-electron chi connectivity index (χ1n) is 9.33. The molecule has 0 atom stereocenters. The molecule has 1 aliphatic rings. The number of hydrogen-bond donors (Lipinski definition) is 2. The van der Waals surface area contributed by atoms with Crippen LogP contribution in [-0.4, -0.2) is 27.1 Å². The largest absolute Gasteiger partial charge is 0.337 e. The molecule has 1 aromatic carbocycles. The van der Waals surface area contributed by atoms with E-state index in [0.29, 0.717) is 29.7 Å². The summed E-state index contributed by atoms with van der Waals surface area (Å²) in [5.41, 5.74) is 2.46. The zero-order chi connectivity index (χ0) is 18.6. The van der Waals surface area contributed by atoms with Gasteiger partial charge in [-0.15, -0.1) is 0 Å². The minimum Gasteiger partial charge on any atom is -0.337 e. The number of urea groups is 1. The van der Waals surface area contributed by atoms with Crippen LogP contribution in [0.4, 0.5) is 10.5 Å². The van der Waals surface area contributed by atoms with Crippen LogP contribution in [0.2, 0.25) is 5.02 Å². The number of nitrogens with one attached hydrogen (secondary N) is 2. The van der Waals surface area contributed by atoms with Gasteiger partial charge in [0.2, 0.25) is 0 Å². The molecule has 2 N–H and O–H groups in total. The van der Waals surface area contributed by atoms with E-state index in [0.717, 1.165) is 29.8 Å². The summed E-state index contributed by atoms with van der Waals surface area (Å²) in [5, 5.41) is 6.17. The van der Waals surface area contributed by atoms with Gasteiger partial charge in [0.25, 0.3) is 0 Å². The highest BCUT2D eigenvalue weighted by molar-refractivity contribution is 6.33. The number of nitrogens with zero attached hydrogens (tertiary/aromatic N) is 3. The normalized spacial score (nSPS) is 14.6. The Morgan fingerprint density at radius 3 is 2.81 bits per heavy atom. The van der Waals surface area contributed by atoms with Gasteiger partial charge >= 0.3 is 6.03 Å². The molecule has 27 heavy (non-hydrogen) atoms. The van der Waals surface area contributed by atoms with Crippen LogP contribution in [0.15, 0.2) is 42.6 Å². The van der Waals surface area contributed by atoms with Crippen molar-refractivity contribution in [1.29, 1.82) is 0 Å². The Morgan fingerprint density at radius 1 is 1.19 bits per heavy atom. The second-order valence-electron chi connectivity index (χ2n) is 6.79. The lowest BCUT2D eigenvalue weighted by Crippen LogP contribution is -2.31. The fourth-order valence-electron chi connectivity index (χ4n) is 3.72. The van der Waals surface area contributed by atoms with E-state index >= 15 is 0 Å². The van der Waals surface area contributed by atoms with Gasteiger partial charge in [0.05, 0.1) is 10.7 Å². The molecular weight excluding hydrogens is 362 g/mol. The van der Waals surface area contributed by atoms with E-state index in [1.807, 2.05) is 30.5 Å². The molecule has 1 aliphatic carbocycles. The van der Waals surface area contributed by atoms with Gasteiger partial charge in [-0.05, 0) is 37.1 Å². The maximum atomic E-state index is 12.1. The van der Waals surface area contributed by atoms with E-state index in [1.165, 1.54) is 12.8 Å². The standard InChI is InChI=1S/C20H22ClN5O/c21-15-8-3-4-9-16(15)25-20(27)23-13-11-18-24-17-10-5-12-22-19(17)26(18)14-6-1-2-7-14/h3-5,8-10,12,14H,1-2,6-7,11,13H2,(H2,23,25,27). The smallest absolute Gasteiger partial charge is 0.319 e. The summed E-state index contributed by atoms with van der Waals surface area (Å²) < 4.78 is 2.27. The number of imidazole rings is 1. The molecular formula is C20H22ClN5O. The molecule has 6 nitrogen and oxygen atoms in total. The molecule has 0 saturated heterocycles. The highest BCUT2D eigenvalue weighted by Crippen LogP contribution is 2.33. The summed E-state index contributed by atoms with van der Waals surface area (Å²) >= 11 is 6.07. The third-order valence-corrected chi connectivity index (χ3v) is 5.30. The minimum atomic E-state index is -0.273. The molecule has 0 aliphatic heterocycles. The maximum Gasteiger partial charge on any atom is 0.319 e.